The standard InChI is InChI=1S/C16H18N2O3/c17-16(20)12-5-4-6-13(9-12)18-10-14(19)11-21-15-7-2-1-3-8-15/h1-9,14,18-19H,10-11H2,(H2,17,20). The van der Waals surface area contributed by atoms with Gasteiger partial charge in [-0.15, -0.1) is 0 Å². The first-order valence-electron chi connectivity index (χ1n) is 6.65. The van der Waals surface area contributed by atoms with Crippen LogP contribution >= 0.6 is 0 Å². The first-order chi connectivity index (χ1) is 10.1. The first-order valence-corrected chi connectivity index (χ1v) is 6.65. The zero-order chi connectivity index (χ0) is 15.1. The van der Waals surface area contributed by atoms with Gasteiger partial charge in [0.25, 0.3) is 0 Å². The molecule has 0 bridgehead atoms. The average molecular weight is 286 g/mol. The summed E-state index contributed by atoms with van der Waals surface area (Å²) >= 11 is 0. The Kier molecular flexibility index (Phi) is 5.17. The van der Waals surface area contributed by atoms with E-state index in [1.165, 1.54) is 0 Å². The van der Waals surface area contributed by atoms with Crippen LogP contribution in [0.3, 0.4) is 0 Å². The van der Waals surface area contributed by atoms with Gasteiger partial charge in [-0.3, -0.25) is 4.79 Å². The lowest BCUT2D eigenvalue weighted by Gasteiger charge is -2.14. The molecular weight excluding hydrogens is 268 g/mol. The van der Waals surface area contributed by atoms with E-state index in [0.29, 0.717) is 17.9 Å². The van der Waals surface area contributed by atoms with E-state index < -0.39 is 12.0 Å². The molecular formula is C16H18N2O3. The molecule has 0 fully saturated rings. The number of carbonyl (C=O) groups is 1. The van der Waals surface area contributed by atoms with E-state index in [2.05, 4.69) is 5.32 Å². The molecule has 2 rings (SSSR count). The van der Waals surface area contributed by atoms with Crippen LogP contribution in [0.4, 0.5) is 5.69 Å². The van der Waals surface area contributed by atoms with Crippen molar-refractivity contribution in [1.29, 1.82) is 0 Å². The summed E-state index contributed by atoms with van der Waals surface area (Å²) < 4.78 is 5.45. The van der Waals surface area contributed by atoms with Gasteiger partial charge < -0.3 is 20.9 Å². The molecule has 1 atom stereocenters. The maximum absolute atomic E-state index is 11.1. The molecule has 0 saturated heterocycles. The van der Waals surface area contributed by atoms with Crippen molar-refractivity contribution in [1.82, 2.24) is 0 Å². The summed E-state index contributed by atoms with van der Waals surface area (Å²) in [4.78, 5) is 11.1. The van der Waals surface area contributed by atoms with Crippen LogP contribution in [0.15, 0.2) is 54.6 Å². The topological polar surface area (TPSA) is 84.6 Å². The zero-order valence-electron chi connectivity index (χ0n) is 11.5. The van der Waals surface area contributed by atoms with Crippen LogP contribution in [0.2, 0.25) is 0 Å². The Bertz CT molecular complexity index is 587. The molecule has 21 heavy (non-hydrogen) atoms. The lowest BCUT2D eigenvalue weighted by Crippen LogP contribution is -2.26. The molecule has 1 unspecified atom stereocenters. The van der Waals surface area contributed by atoms with E-state index in [0.717, 1.165) is 5.69 Å². The van der Waals surface area contributed by atoms with Crippen LogP contribution < -0.4 is 15.8 Å². The summed E-state index contributed by atoms with van der Waals surface area (Å²) in [5, 5.41) is 12.9. The van der Waals surface area contributed by atoms with Crippen molar-refractivity contribution in [2.24, 2.45) is 5.73 Å². The van der Waals surface area contributed by atoms with Gasteiger partial charge in [0.15, 0.2) is 0 Å². The lowest BCUT2D eigenvalue weighted by molar-refractivity contribution is 0.100. The van der Waals surface area contributed by atoms with E-state index in [1.807, 2.05) is 30.3 Å². The predicted molar refractivity (Wildman–Crippen MR) is 81.4 cm³/mol. The monoisotopic (exact) mass is 286 g/mol. The highest BCUT2D eigenvalue weighted by molar-refractivity contribution is 5.93. The Hall–Kier alpha value is -2.53. The first kappa shape index (κ1) is 14.9. The van der Waals surface area contributed by atoms with Crippen molar-refractivity contribution in [2.75, 3.05) is 18.5 Å². The Morgan fingerprint density at radius 1 is 1.19 bits per heavy atom. The maximum atomic E-state index is 11.1. The molecule has 5 nitrogen and oxygen atoms in total. The van der Waals surface area contributed by atoms with Crippen LogP contribution in [0.5, 0.6) is 5.75 Å². The van der Waals surface area contributed by atoms with Crippen LogP contribution in [0.25, 0.3) is 0 Å². The predicted octanol–water partition coefficient (Wildman–Crippen LogP) is 1.64. The minimum absolute atomic E-state index is 0.187. The number of nitrogens with one attached hydrogen (secondary N) is 1. The third kappa shape index (κ3) is 4.81. The van der Waals surface area contributed by atoms with Gasteiger partial charge in [-0.2, -0.15) is 0 Å². The van der Waals surface area contributed by atoms with Gasteiger partial charge in [-0.05, 0) is 30.3 Å². The Labute approximate surface area is 123 Å². The molecule has 0 aliphatic rings. The van der Waals surface area contributed by atoms with Crippen molar-refractivity contribution in [2.45, 2.75) is 6.10 Å². The van der Waals surface area contributed by atoms with Crippen molar-refractivity contribution >= 4 is 11.6 Å². The van der Waals surface area contributed by atoms with E-state index >= 15 is 0 Å². The fraction of sp³-hybridized carbons (Fsp3) is 0.188. The fourth-order valence-electron chi connectivity index (χ4n) is 1.79. The van der Waals surface area contributed by atoms with Crippen LogP contribution in [-0.4, -0.2) is 30.3 Å². The summed E-state index contributed by atoms with van der Waals surface area (Å²) in [6.45, 7) is 0.502. The number of carbonyl (C=O) groups excluding carboxylic acids is 1. The molecule has 2 aromatic rings. The van der Waals surface area contributed by atoms with Crippen LogP contribution in [0, 0.1) is 0 Å². The molecule has 0 spiro atoms. The fourth-order valence-corrected chi connectivity index (χ4v) is 1.79. The van der Waals surface area contributed by atoms with Gasteiger partial charge in [0.2, 0.25) is 5.91 Å². The second kappa shape index (κ2) is 7.31. The number of nitrogens with two attached hydrogens (primary N) is 1. The number of primary amides is 1. The van der Waals surface area contributed by atoms with Crippen molar-refractivity contribution < 1.29 is 14.6 Å². The normalized spacial score (nSPS) is 11.7. The number of hydrogen-bond donors (Lipinski definition) is 3. The summed E-state index contributed by atoms with van der Waals surface area (Å²) in [6, 6.07) is 16.1. The highest BCUT2D eigenvalue weighted by atomic mass is 16.5. The maximum Gasteiger partial charge on any atom is 0.248 e. The number of aliphatic hydroxyl groups excluding tert-OH is 1. The summed E-state index contributed by atoms with van der Waals surface area (Å²) in [6.07, 6.45) is -0.664. The van der Waals surface area contributed by atoms with Gasteiger partial charge in [0, 0.05) is 17.8 Å². The third-order valence-electron chi connectivity index (χ3n) is 2.87. The lowest BCUT2D eigenvalue weighted by atomic mass is 10.2. The third-order valence-corrected chi connectivity index (χ3v) is 2.87. The number of rotatable bonds is 7. The van der Waals surface area contributed by atoms with Gasteiger partial charge in [0.05, 0.1) is 0 Å². The summed E-state index contributed by atoms with van der Waals surface area (Å²) in [5.74, 6) is 0.235. The number of anilines is 1. The molecule has 0 aliphatic heterocycles. The van der Waals surface area contributed by atoms with E-state index in [9.17, 15) is 9.90 Å². The molecule has 0 radical (unpaired) electrons. The van der Waals surface area contributed by atoms with Crippen LogP contribution in [-0.2, 0) is 0 Å². The summed E-state index contributed by atoms with van der Waals surface area (Å²) in [7, 11) is 0. The highest BCUT2D eigenvalue weighted by Gasteiger charge is 2.06. The molecule has 0 aromatic heterocycles. The van der Waals surface area contributed by atoms with Crippen molar-refractivity contribution in [3.63, 3.8) is 0 Å². The van der Waals surface area contributed by atoms with E-state index in [4.69, 9.17) is 10.5 Å². The smallest absolute Gasteiger partial charge is 0.248 e. The Balaban J connectivity index is 1.80. The van der Waals surface area contributed by atoms with E-state index in [-0.39, 0.29) is 6.61 Å². The molecule has 0 aliphatic carbocycles. The SMILES string of the molecule is NC(=O)c1cccc(NCC(O)COc2ccccc2)c1. The van der Waals surface area contributed by atoms with Gasteiger partial charge in [0.1, 0.15) is 18.5 Å². The van der Waals surface area contributed by atoms with Gasteiger partial charge >= 0.3 is 0 Å². The quantitative estimate of drug-likeness (QED) is 0.722. The number of amides is 1. The average Bonchev–Trinajstić information content (AvgIpc) is 2.52. The minimum atomic E-state index is -0.664. The number of para-hydroxylation sites is 1. The molecule has 0 saturated carbocycles. The Morgan fingerprint density at radius 3 is 2.67 bits per heavy atom. The second-order valence-electron chi connectivity index (χ2n) is 4.60. The second-order valence-corrected chi connectivity index (χ2v) is 4.60. The van der Waals surface area contributed by atoms with E-state index in [1.54, 1.807) is 24.3 Å². The van der Waals surface area contributed by atoms with Gasteiger partial charge in [-0.25, -0.2) is 0 Å². The van der Waals surface area contributed by atoms with Gasteiger partial charge in [-0.1, -0.05) is 24.3 Å². The van der Waals surface area contributed by atoms with Crippen molar-refractivity contribution in [3.05, 3.63) is 60.2 Å². The largest absolute Gasteiger partial charge is 0.491 e. The number of ether oxygens (including phenoxy) is 1. The molecule has 1 amide bonds. The molecule has 0 heterocycles. The zero-order valence-corrected chi connectivity index (χ0v) is 11.5. The molecule has 2 aromatic carbocycles. The number of aliphatic hydroxyl groups is 1. The van der Waals surface area contributed by atoms with Crippen LogP contribution in [0.1, 0.15) is 10.4 Å². The molecule has 4 N–H and O–H groups in total. The number of benzene rings is 2. The Morgan fingerprint density at radius 2 is 1.95 bits per heavy atom. The van der Waals surface area contributed by atoms with Crippen molar-refractivity contribution in [3.8, 4) is 5.75 Å². The molecule has 110 valence electrons. The molecule has 5 heteroatoms. The minimum Gasteiger partial charge on any atom is -0.491 e. The summed E-state index contributed by atoms with van der Waals surface area (Å²) in [5.41, 5.74) is 6.37. The number of hydrogen-bond acceptors (Lipinski definition) is 4. The highest BCUT2D eigenvalue weighted by Crippen LogP contribution is 2.11.